The predicted octanol–water partition coefficient (Wildman–Crippen LogP) is 3.22. The van der Waals surface area contributed by atoms with E-state index >= 15 is 0 Å². The van der Waals surface area contributed by atoms with Gasteiger partial charge in [0.1, 0.15) is 0 Å². The van der Waals surface area contributed by atoms with Crippen molar-refractivity contribution < 1.29 is 13.2 Å². The summed E-state index contributed by atoms with van der Waals surface area (Å²) in [5, 5.41) is 1.11. The number of carbonyl (C=O) groups is 1. The number of hydrogen-bond acceptors (Lipinski definition) is 5. The van der Waals surface area contributed by atoms with E-state index in [1.807, 2.05) is 26.0 Å². The first kappa shape index (κ1) is 23.4. The van der Waals surface area contributed by atoms with Gasteiger partial charge in [0.15, 0.2) is 0 Å². The van der Waals surface area contributed by atoms with Gasteiger partial charge in [0.2, 0.25) is 10.0 Å². The molecule has 1 amide bonds. The summed E-state index contributed by atoms with van der Waals surface area (Å²) in [4.78, 5) is 21.2. The number of carbonyl (C=O) groups excluding carboxylic acids is 1. The highest BCUT2D eigenvalue weighted by Gasteiger charge is 2.29. The van der Waals surface area contributed by atoms with Gasteiger partial charge in [-0.1, -0.05) is 24.3 Å². The highest BCUT2D eigenvalue weighted by atomic mass is 32.2. The van der Waals surface area contributed by atoms with E-state index in [2.05, 4.69) is 28.1 Å². The first-order valence-electron chi connectivity index (χ1n) is 11.4. The summed E-state index contributed by atoms with van der Waals surface area (Å²) in [7, 11) is -3.60. The van der Waals surface area contributed by atoms with Crippen LogP contribution in [0, 0.1) is 0 Å². The normalized spacial score (nSPS) is 15.6. The van der Waals surface area contributed by atoms with Crippen molar-refractivity contribution in [2.45, 2.75) is 25.3 Å². The molecule has 0 bridgehead atoms. The Morgan fingerprint density at radius 1 is 0.939 bits per heavy atom. The lowest BCUT2D eigenvalue weighted by atomic mass is 10.1. The molecule has 0 radical (unpaired) electrons. The molecule has 1 saturated heterocycles. The molecule has 2 heterocycles. The van der Waals surface area contributed by atoms with Gasteiger partial charge in [0.05, 0.1) is 10.4 Å². The van der Waals surface area contributed by atoms with E-state index in [0.29, 0.717) is 44.8 Å². The first-order chi connectivity index (χ1) is 15.9. The highest BCUT2D eigenvalue weighted by molar-refractivity contribution is 7.89. The van der Waals surface area contributed by atoms with Gasteiger partial charge in [-0.25, -0.2) is 8.42 Å². The summed E-state index contributed by atoms with van der Waals surface area (Å²) >= 11 is 0. The van der Waals surface area contributed by atoms with Crippen LogP contribution in [-0.2, 0) is 16.6 Å². The lowest BCUT2D eigenvalue weighted by Crippen LogP contribution is -2.48. The number of para-hydroxylation sites is 1. The third kappa shape index (κ3) is 4.93. The number of benzene rings is 2. The second kappa shape index (κ2) is 9.99. The fourth-order valence-corrected chi connectivity index (χ4v) is 5.70. The standard InChI is InChI=1S/C25H30N4O3S/c1-3-28(4-2)25(30)21-10-12-23(13-11-21)33(31,32)29-17-15-27(16-18-29)19-22-8-5-7-20-9-6-14-26-24(20)22/h5-14H,3-4,15-19H2,1-2H3. The molecule has 0 N–H and O–H groups in total. The number of piperazine rings is 1. The molecule has 174 valence electrons. The second-order valence-corrected chi connectivity index (χ2v) is 10.1. The number of pyridine rings is 1. The van der Waals surface area contributed by atoms with Crippen molar-refractivity contribution in [3.05, 3.63) is 71.9 Å². The molecule has 4 rings (SSSR count). The van der Waals surface area contributed by atoms with Crippen molar-refractivity contribution in [3.8, 4) is 0 Å². The van der Waals surface area contributed by atoms with Crippen LogP contribution in [0.5, 0.6) is 0 Å². The molecular weight excluding hydrogens is 436 g/mol. The summed E-state index contributed by atoms with van der Waals surface area (Å²) in [6.07, 6.45) is 1.80. The average molecular weight is 467 g/mol. The largest absolute Gasteiger partial charge is 0.339 e. The number of hydrogen-bond donors (Lipinski definition) is 0. The van der Waals surface area contributed by atoms with E-state index in [1.54, 1.807) is 35.4 Å². The van der Waals surface area contributed by atoms with Gasteiger partial charge in [0.25, 0.3) is 5.91 Å². The quantitative estimate of drug-likeness (QED) is 0.535. The minimum atomic E-state index is -3.60. The maximum atomic E-state index is 13.2. The van der Waals surface area contributed by atoms with Crippen LogP contribution in [0.3, 0.4) is 0 Å². The lowest BCUT2D eigenvalue weighted by Gasteiger charge is -2.34. The molecule has 33 heavy (non-hydrogen) atoms. The Morgan fingerprint density at radius 2 is 1.61 bits per heavy atom. The molecule has 1 aliphatic heterocycles. The maximum absolute atomic E-state index is 13.2. The Kier molecular flexibility index (Phi) is 7.07. The summed E-state index contributed by atoms with van der Waals surface area (Å²) in [6, 6.07) is 16.5. The Balaban J connectivity index is 1.41. The Labute approximate surface area is 195 Å². The second-order valence-electron chi connectivity index (χ2n) is 8.17. The molecule has 3 aromatic rings. The molecule has 0 unspecified atom stereocenters. The monoisotopic (exact) mass is 466 g/mol. The maximum Gasteiger partial charge on any atom is 0.253 e. The third-order valence-corrected chi connectivity index (χ3v) is 8.14. The van der Waals surface area contributed by atoms with Crippen molar-refractivity contribution in [3.63, 3.8) is 0 Å². The molecule has 1 aromatic heterocycles. The molecule has 8 heteroatoms. The van der Waals surface area contributed by atoms with Crippen LogP contribution in [0.15, 0.2) is 65.7 Å². The van der Waals surface area contributed by atoms with Crippen molar-refractivity contribution in [2.75, 3.05) is 39.3 Å². The molecule has 2 aromatic carbocycles. The number of amides is 1. The minimum Gasteiger partial charge on any atom is -0.339 e. The number of fused-ring (bicyclic) bond motifs is 1. The number of aromatic nitrogens is 1. The van der Waals surface area contributed by atoms with Crippen LogP contribution in [0.25, 0.3) is 10.9 Å². The van der Waals surface area contributed by atoms with Crippen LogP contribution >= 0.6 is 0 Å². The third-order valence-electron chi connectivity index (χ3n) is 6.23. The fourth-order valence-electron chi connectivity index (χ4n) is 4.28. The van der Waals surface area contributed by atoms with Crippen LogP contribution in [0.1, 0.15) is 29.8 Å². The van der Waals surface area contributed by atoms with Gasteiger partial charge in [-0.15, -0.1) is 0 Å². The lowest BCUT2D eigenvalue weighted by molar-refractivity contribution is 0.0773. The van der Waals surface area contributed by atoms with Crippen molar-refractivity contribution in [1.29, 1.82) is 0 Å². The molecule has 0 aliphatic carbocycles. The zero-order valence-corrected chi connectivity index (χ0v) is 20.0. The summed E-state index contributed by atoms with van der Waals surface area (Å²) < 4.78 is 27.8. The number of rotatable bonds is 7. The molecule has 1 aliphatic rings. The van der Waals surface area contributed by atoms with Crippen molar-refractivity contribution in [2.24, 2.45) is 0 Å². The van der Waals surface area contributed by atoms with Gasteiger partial charge >= 0.3 is 0 Å². The number of sulfonamides is 1. The highest BCUT2D eigenvalue weighted by Crippen LogP contribution is 2.22. The van der Waals surface area contributed by atoms with E-state index in [1.165, 1.54) is 4.31 Å². The topological polar surface area (TPSA) is 73.8 Å². The molecule has 1 fully saturated rings. The van der Waals surface area contributed by atoms with Gasteiger partial charge in [-0.2, -0.15) is 4.31 Å². The van der Waals surface area contributed by atoms with E-state index < -0.39 is 10.0 Å². The average Bonchev–Trinajstić information content (AvgIpc) is 2.85. The van der Waals surface area contributed by atoms with Crippen LogP contribution in [0.2, 0.25) is 0 Å². The number of nitrogens with zero attached hydrogens (tertiary/aromatic N) is 4. The van der Waals surface area contributed by atoms with Gasteiger partial charge in [0, 0.05) is 63.0 Å². The van der Waals surface area contributed by atoms with Gasteiger partial charge < -0.3 is 4.90 Å². The van der Waals surface area contributed by atoms with Crippen LogP contribution < -0.4 is 0 Å². The zero-order valence-electron chi connectivity index (χ0n) is 19.1. The Bertz CT molecular complexity index is 1210. The molecular formula is C25H30N4O3S. The van der Waals surface area contributed by atoms with Gasteiger partial charge in [-0.3, -0.25) is 14.7 Å². The van der Waals surface area contributed by atoms with E-state index in [-0.39, 0.29) is 10.8 Å². The van der Waals surface area contributed by atoms with E-state index in [0.717, 1.165) is 23.0 Å². The van der Waals surface area contributed by atoms with E-state index in [9.17, 15) is 13.2 Å². The predicted molar refractivity (Wildman–Crippen MR) is 129 cm³/mol. The minimum absolute atomic E-state index is 0.0829. The van der Waals surface area contributed by atoms with Crippen molar-refractivity contribution in [1.82, 2.24) is 19.1 Å². The fraction of sp³-hybridized carbons (Fsp3) is 0.360. The Hall–Kier alpha value is -2.81. The SMILES string of the molecule is CCN(CC)C(=O)c1ccc(S(=O)(=O)N2CCN(Cc3cccc4cccnc34)CC2)cc1. The molecule has 0 atom stereocenters. The van der Waals surface area contributed by atoms with Crippen LogP contribution in [0.4, 0.5) is 0 Å². The first-order valence-corrected chi connectivity index (χ1v) is 12.8. The molecule has 0 saturated carbocycles. The van der Waals surface area contributed by atoms with Gasteiger partial charge in [-0.05, 0) is 49.7 Å². The smallest absolute Gasteiger partial charge is 0.253 e. The Morgan fingerprint density at radius 3 is 2.27 bits per heavy atom. The summed E-state index contributed by atoms with van der Waals surface area (Å²) in [6.45, 7) is 8.00. The summed E-state index contributed by atoms with van der Waals surface area (Å²) in [5.41, 5.74) is 2.65. The van der Waals surface area contributed by atoms with Crippen molar-refractivity contribution >= 4 is 26.8 Å². The van der Waals surface area contributed by atoms with Crippen LogP contribution in [-0.4, -0.2) is 72.7 Å². The summed E-state index contributed by atoms with van der Waals surface area (Å²) in [5.74, 6) is -0.0829. The van der Waals surface area contributed by atoms with E-state index in [4.69, 9.17) is 0 Å². The zero-order chi connectivity index (χ0) is 23.4. The molecule has 7 nitrogen and oxygen atoms in total. The molecule has 0 spiro atoms.